The first kappa shape index (κ1) is 21.0. The molecule has 0 aromatic heterocycles. The van der Waals surface area contributed by atoms with Crippen LogP contribution in [0.25, 0.3) is 0 Å². The molecule has 2 aromatic rings. The molecule has 0 aliphatic carbocycles. The fraction of sp³-hybridized carbons (Fsp3) is 0.391. The minimum atomic E-state index is -0.350. The molecule has 0 bridgehead atoms. The van der Waals surface area contributed by atoms with Gasteiger partial charge in [0.1, 0.15) is 0 Å². The van der Waals surface area contributed by atoms with Crippen LogP contribution in [-0.2, 0) is 16.1 Å². The van der Waals surface area contributed by atoms with Crippen LogP contribution in [0.4, 0.5) is 5.69 Å². The highest BCUT2D eigenvalue weighted by Crippen LogP contribution is 2.12. The molecule has 29 heavy (non-hydrogen) atoms. The summed E-state index contributed by atoms with van der Waals surface area (Å²) < 4.78 is 4.96. The second kappa shape index (κ2) is 10.7. The van der Waals surface area contributed by atoms with Crippen molar-refractivity contribution in [3.8, 4) is 0 Å². The van der Waals surface area contributed by atoms with Gasteiger partial charge in [-0.1, -0.05) is 30.3 Å². The topological polar surface area (TPSA) is 61.9 Å². The number of hydrogen-bond acceptors (Lipinski definition) is 5. The number of nitrogens with zero attached hydrogens (tertiary/aromatic N) is 2. The Hall–Kier alpha value is -2.70. The Labute approximate surface area is 172 Å². The van der Waals surface area contributed by atoms with Crippen molar-refractivity contribution < 1.29 is 14.3 Å². The van der Waals surface area contributed by atoms with Crippen LogP contribution in [0.15, 0.2) is 54.6 Å². The molecule has 1 aliphatic rings. The van der Waals surface area contributed by atoms with E-state index in [1.54, 1.807) is 31.2 Å². The fourth-order valence-electron chi connectivity index (χ4n) is 3.40. The Morgan fingerprint density at radius 2 is 1.59 bits per heavy atom. The van der Waals surface area contributed by atoms with Crippen LogP contribution >= 0.6 is 0 Å². The van der Waals surface area contributed by atoms with E-state index < -0.39 is 0 Å². The number of carbonyl (C=O) groups excluding carboxylic acids is 2. The Kier molecular flexibility index (Phi) is 7.78. The summed E-state index contributed by atoms with van der Waals surface area (Å²) >= 11 is 0. The van der Waals surface area contributed by atoms with Crippen molar-refractivity contribution in [2.75, 3.05) is 44.6 Å². The van der Waals surface area contributed by atoms with Crippen molar-refractivity contribution in [3.63, 3.8) is 0 Å². The molecule has 1 saturated heterocycles. The first-order chi connectivity index (χ1) is 14.1. The van der Waals surface area contributed by atoms with Gasteiger partial charge in [0, 0.05) is 51.4 Å². The number of amides is 1. The molecular weight excluding hydrogens is 366 g/mol. The number of anilines is 1. The Bertz CT molecular complexity index is 785. The molecule has 6 nitrogen and oxygen atoms in total. The monoisotopic (exact) mass is 395 g/mol. The minimum Gasteiger partial charge on any atom is -0.462 e. The van der Waals surface area contributed by atoms with Crippen molar-refractivity contribution in [2.24, 2.45) is 0 Å². The second-order valence-electron chi connectivity index (χ2n) is 7.20. The highest BCUT2D eigenvalue weighted by atomic mass is 16.5. The second-order valence-corrected chi connectivity index (χ2v) is 7.20. The molecule has 1 amide bonds. The van der Waals surface area contributed by atoms with Crippen LogP contribution in [-0.4, -0.2) is 61.0 Å². The third-order valence-electron chi connectivity index (χ3n) is 5.05. The van der Waals surface area contributed by atoms with Crippen LogP contribution in [0.1, 0.15) is 29.3 Å². The zero-order valence-electron chi connectivity index (χ0n) is 17.0. The van der Waals surface area contributed by atoms with Crippen molar-refractivity contribution in [1.29, 1.82) is 0 Å². The van der Waals surface area contributed by atoms with Gasteiger partial charge in [0.05, 0.1) is 12.2 Å². The van der Waals surface area contributed by atoms with Crippen LogP contribution in [0.3, 0.4) is 0 Å². The zero-order chi connectivity index (χ0) is 20.5. The molecule has 0 atom stereocenters. The summed E-state index contributed by atoms with van der Waals surface area (Å²) in [5.74, 6) is -0.364. The molecular formula is C23H29N3O3. The quantitative estimate of drug-likeness (QED) is 0.696. The molecule has 1 heterocycles. The van der Waals surface area contributed by atoms with Gasteiger partial charge < -0.3 is 15.0 Å². The van der Waals surface area contributed by atoms with E-state index in [1.165, 1.54) is 5.56 Å². The molecule has 1 aliphatic heterocycles. The van der Waals surface area contributed by atoms with E-state index in [0.717, 1.165) is 39.3 Å². The number of rotatable bonds is 8. The first-order valence-electron chi connectivity index (χ1n) is 10.2. The maximum Gasteiger partial charge on any atom is 0.338 e. The van der Waals surface area contributed by atoms with Gasteiger partial charge in [0.15, 0.2) is 0 Å². The number of carbonyl (C=O) groups is 2. The molecule has 1 fully saturated rings. The number of nitrogens with one attached hydrogen (secondary N) is 1. The van der Waals surface area contributed by atoms with Crippen LogP contribution in [0.5, 0.6) is 0 Å². The van der Waals surface area contributed by atoms with E-state index in [0.29, 0.717) is 24.3 Å². The van der Waals surface area contributed by atoms with Crippen LogP contribution in [0, 0.1) is 0 Å². The number of piperazine rings is 1. The summed E-state index contributed by atoms with van der Waals surface area (Å²) in [6.07, 6.45) is 0.457. The highest BCUT2D eigenvalue weighted by Gasteiger charge is 2.17. The SMILES string of the molecule is CCOC(=O)c1ccc(NC(=O)CCN2CCN(Cc3ccccc3)CC2)cc1. The number of benzene rings is 2. The van der Waals surface area contributed by atoms with E-state index in [9.17, 15) is 9.59 Å². The van der Waals surface area contributed by atoms with Crippen LogP contribution in [0.2, 0.25) is 0 Å². The molecule has 0 saturated carbocycles. The number of hydrogen-bond donors (Lipinski definition) is 1. The molecule has 154 valence electrons. The normalized spacial score (nSPS) is 15.1. The van der Waals surface area contributed by atoms with Gasteiger partial charge in [0.2, 0.25) is 5.91 Å². The van der Waals surface area contributed by atoms with E-state index in [4.69, 9.17) is 4.74 Å². The average Bonchev–Trinajstić information content (AvgIpc) is 2.75. The Morgan fingerprint density at radius 3 is 2.24 bits per heavy atom. The summed E-state index contributed by atoms with van der Waals surface area (Å²) in [5.41, 5.74) is 2.52. The van der Waals surface area contributed by atoms with Crippen molar-refractivity contribution >= 4 is 17.6 Å². The summed E-state index contributed by atoms with van der Waals surface area (Å²) in [7, 11) is 0. The van der Waals surface area contributed by atoms with Crippen LogP contribution < -0.4 is 5.32 Å². The van der Waals surface area contributed by atoms with Gasteiger partial charge >= 0.3 is 5.97 Å². The van der Waals surface area contributed by atoms with E-state index in [1.807, 2.05) is 6.07 Å². The summed E-state index contributed by atoms with van der Waals surface area (Å²) in [6.45, 7) is 7.86. The maximum atomic E-state index is 12.2. The van der Waals surface area contributed by atoms with E-state index >= 15 is 0 Å². The molecule has 2 aromatic carbocycles. The predicted octanol–water partition coefficient (Wildman–Crippen LogP) is 3.01. The summed E-state index contributed by atoms with van der Waals surface area (Å²) in [4.78, 5) is 28.7. The maximum absolute atomic E-state index is 12.2. The lowest BCUT2D eigenvalue weighted by atomic mass is 10.2. The molecule has 0 spiro atoms. The number of ether oxygens (including phenoxy) is 1. The molecule has 0 unspecified atom stereocenters. The third-order valence-corrected chi connectivity index (χ3v) is 5.05. The van der Waals surface area contributed by atoms with Gasteiger partial charge in [-0.15, -0.1) is 0 Å². The molecule has 0 radical (unpaired) electrons. The van der Waals surface area contributed by atoms with Gasteiger partial charge in [-0.2, -0.15) is 0 Å². The predicted molar refractivity (Wildman–Crippen MR) is 114 cm³/mol. The summed E-state index contributed by atoms with van der Waals surface area (Å²) in [6, 6.07) is 17.3. The standard InChI is InChI=1S/C23H29N3O3/c1-2-29-23(28)20-8-10-21(11-9-20)24-22(27)12-13-25-14-16-26(17-15-25)18-19-6-4-3-5-7-19/h3-11H,2,12-18H2,1H3,(H,24,27). The minimum absolute atomic E-state index is 0.0133. The van der Waals surface area contributed by atoms with Gasteiger partial charge in [-0.3, -0.25) is 9.69 Å². The smallest absolute Gasteiger partial charge is 0.338 e. The lowest BCUT2D eigenvalue weighted by Crippen LogP contribution is -2.46. The fourth-order valence-corrected chi connectivity index (χ4v) is 3.40. The lowest BCUT2D eigenvalue weighted by Gasteiger charge is -2.34. The van der Waals surface area contributed by atoms with E-state index in [2.05, 4.69) is 39.4 Å². The number of esters is 1. The molecule has 1 N–H and O–H groups in total. The Morgan fingerprint density at radius 1 is 0.931 bits per heavy atom. The van der Waals surface area contributed by atoms with Crippen molar-refractivity contribution in [2.45, 2.75) is 19.9 Å². The molecule has 3 rings (SSSR count). The largest absolute Gasteiger partial charge is 0.462 e. The van der Waals surface area contributed by atoms with Crippen molar-refractivity contribution in [1.82, 2.24) is 9.80 Å². The van der Waals surface area contributed by atoms with E-state index in [-0.39, 0.29) is 11.9 Å². The first-order valence-corrected chi connectivity index (χ1v) is 10.2. The summed E-state index contributed by atoms with van der Waals surface area (Å²) in [5, 5.41) is 2.89. The van der Waals surface area contributed by atoms with Gasteiger partial charge in [-0.25, -0.2) is 4.79 Å². The third kappa shape index (κ3) is 6.69. The average molecular weight is 396 g/mol. The highest BCUT2D eigenvalue weighted by molar-refractivity contribution is 5.93. The van der Waals surface area contributed by atoms with Gasteiger partial charge in [-0.05, 0) is 36.8 Å². The lowest BCUT2D eigenvalue weighted by molar-refractivity contribution is -0.116. The zero-order valence-corrected chi connectivity index (χ0v) is 17.0. The molecule has 6 heteroatoms. The Balaban J connectivity index is 1.36. The van der Waals surface area contributed by atoms with Gasteiger partial charge in [0.25, 0.3) is 0 Å². The van der Waals surface area contributed by atoms with Crippen molar-refractivity contribution in [3.05, 3.63) is 65.7 Å².